The molecule has 0 heterocycles. The van der Waals surface area contributed by atoms with E-state index in [1.807, 2.05) is 43.8 Å². The van der Waals surface area contributed by atoms with Crippen LogP contribution in [0.1, 0.15) is 80.4 Å². The van der Waals surface area contributed by atoms with Crippen LogP contribution < -0.4 is 11.5 Å². The number of benzene rings is 2. The highest BCUT2D eigenvalue weighted by Crippen LogP contribution is 2.48. The Kier molecular flexibility index (Phi) is 11.6. The number of thiol groups is 1. The summed E-state index contributed by atoms with van der Waals surface area (Å²) in [7, 11) is 0. The fourth-order valence-electron chi connectivity index (χ4n) is 3.92. The highest BCUT2D eigenvalue weighted by molar-refractivity contribution is 8.12. The molecule has 31 heavy (non-hydrogen) atoms. The van der Waals surface area contributed by atoms with E-state index in [0.29, 0.717) is 5.92 Å². The van der Waals surface area contributed by atoms with E-state index in [4.69, 9.17) is 24.1 Å². The van der Waals surface area contributed by atoms with Crippen LogP contribution in [0.5, 0.6) is 0 Å². The Morgan fingerprint density at radius 3 is 1.90 bits per heavy atom. The van der Waals surface area contributed by atoms with E-state index in [-0.39, 0.29) is 21.7 Å². The Labute approximate surface area is 202 Å². The van der Waals surface area contributed by atoms with Gasteiger partial charge >= 0.3 is 0 Å². The number of nitrogen functional groups attached to an aromatic ring is 2. The predicted octanol–water partition coefficient (Wildman–Crippen LogP) is 8.22. The van der Waals surface area contributed by atoms with Gasteiger partial charge in [0.05, 0.1) is 4.08 Å². The van der Waals surface area contributed by atoms with Gasteiger partial charge in [0.15, 0.2) is 0 Å². The molecule has 1 unspecified atom stereocenters. The maximum atomic E-state index is 6.07. The summed E-state index contributed by atoms with van der Waals surface area (Å²) in [6, 6.07) is 16.6. The summed E-state index contributed by atoms with van der Waals surface area (Å²) in [4.78, 5) is 0. The van der Waals surface area contributed by atoms with Gasteiger partial charge in [-0.15, -0.1) is 11.8 Å². The number of hydrogen-bond acceptors (Lipinski definition) is 4. The highest BCUT2D eigenvalue weighted by atomic mass is 32.2. The van der Waals surface area contributed by atoms with Crippen molar-refractivity contribution in [1.29, 1.82) is 0 Å². The Balaban J connectivity index is 0.00000291. The summed E-state index contributed by atoms with van der Waals surface area (Å²) in [6.45, 7) is 17.7. The smallest absolute Gasteiger partial charge is 0.0530 e. The molecule has 0 fully saturated rings. The first-order chi connectivity index (χ1) is 13.8. The van der Waals surface area contributed by atoms with Crippen molar-refractivity contribution in [2.75, 3.05) is 11.5 Å². The second-order valence-electron chi connectivity index (χ2n) is 9.51. The van der Waals surface area contributed by atoms with Crippen molar-refractivity contribution >= 4 is 35.8 Å². The Hall–Kier alpha value is -1.26. The minimum absolute atomic E-state index is 0. The van der Waals surface area contributed by atoms with Crippen molar-refractivity contribution in [3.05, 3.63) is 59.7 Å². The molecule has 4 heteroatoms. The molecule has 0 aliphatic heterocycles. The minimum atomic E-state index is -0.0931. The van der Waals surface area contributed by atoms with Crippen LogP contribution in [0.4, 0.5) is 11.4 Å². The third-order valence-corrected chi connectivity index (χ3v) is 7.02. The van der Waals surface area contributed by atoms with Crippen LogP contribution >= 0.6 is 24.4 Å². The lowest BCUT2D eigenvalue weighted by Gasteiger charge is -2.42. The van der Waals surface area contributed by atoms with Crippen molar-refractivity contribution in [2.45, 2.75) is 89.9 Å². The molecule has 0 radical (unpaired) electrons. The largest absolute Gasteiger partial charge is 0.399 e. The lowest BCUT2D eigenvalue weighted by atomic mass is 9.72. The van der Waals surface area contributed by atoms with Gasteiger partial charge in [0, 0.05) is 16.1 Å². The first-order valence-corrected chi connectivity index (χ1v) is 12.2. The number of rotatable bonds is 8. The van der Waals surface area contributed by atoms with Gasteiger partial charge in [0.25, 0.3) is 0 Å². The van der Waals surface area contributed by atoms with E-state index in [9.17, 15) is 0 Å². The molecule has 1 atom stereocenters. The Morgan fingerprint density at radius 1 is 0.871 bits per heavy atom. The molecule has 0 spiro atoms. The summed E-state index contributed by atoms with van der Waals surface area (Å²) in [5.41, 5.74) is 16.2. The normalized spacial score (nSPS) is 12.9. The number of anilines is 2. The van der Waals surface area contributed by atoms with Crippen LogP contribution in [-0.4, -0.2) is 8.83 Å². The Bertz CT molecular complexity index is 775. The third kappa shape index (κ3) is 9.82. The van der Waals surface area contributed by atoms with Gasteiger partial charge in [-0.1, -0.05) is 73.2 Å². The minimum Gasteiger partial charge on any atom is -0.399 e. The van der Waals surface area contributed by atoms with E-state index >= 15 is 0 Å². The van der Waals surface area contributed by atoms with Crippen LogP contribution in [0.25, 0.3) is 0 Å². The van der Waals surface area contributed by atoms with Crippen molar-refractivity contribution in [2.24, 2.45) is 5.92 Å². The summed E-state index contributed by atoms with van der Waals surface area (Å²) in [5.74, 6) is 0.462. The van der Waals surface area contributed by atoms with Crippen LogP contribution in [0.15, 0.2) is 48.5 Å². The number of nitrogens with two attached hydrogens (primary N) is 2. The van der Waals surface area contributed by atoms with Gasteiger partial charge in [-0.3, -0.25) is 0 Å². The fraction of sp³-hybridized carbons (Fsp3) is 0.556. The van der Waals surface area contributed by atoms with Gasteiger partial charge in [0.2, 0.25) is 0 Å². The predicted molar refractivity (Wildman–Crippen MR) is 149 cm³/mol. The maximum Gasteiger partial charge on any atom is 0.0530 e. The van der Waals surface area contributed by atoms with E-state index < -0.39 is 0 Å². The topological polar surface area (TPSA) is 52.0 Å². The third-order valence-electron chi connectivity index (χ3n) is 5.38. The summed E-state index contributed by atoms with van der Waals surface area (Å²) in [5, 5.41) is 0. The molecule has 2 rings (SSSR count). The second-order valence-corrected chi connectivity index (χ2v) is 13.2. The average molecular weight is 463 g/mol. The molecule has 0 saturated carbocycles. The number of hydrogen-bond donors (Lipinski definition) is 3. The molecule has 2 aromatic carbocycles. The molecule has 0 aliphatic carbocycles. The standard InChI is InChI=1S/C24H36N2S2.C2H6.CH4/c1-22(2,18-8-7-9-21(26)15-18)16-19(23(3,4)28-24(5,6)27)14-17-10-12-20(25)13-11-17;1-2;/h7-13,15,19,27H,14,16,25-26H2,1-6H3;1-2H3;1H4. The van der Waals surface area contributed by atoms with Gasteiger partial charge in [0.1, 0.15) is 0 Å². The van der Waals surface area contributed by atoms with Crippen molar-refractivity contribution in [3.8, 4) is 0 Å². The molecule has 0 amide bonds. The zero-order valence-electron chi connectivity index (χ0n) is 20.1. The summed E-state index contributed by atoms with van der Waals surface area (Å²) < 4.78 is -0.0333. The zero-order valence-corrected chi connectivity index (χ0v) is 21.8. The molecule has 4 N–H and O–H groups in total. The molecule has 0 aromatic heterocycles. The van der Waals surface area contributed by atoms with E-state index in [1.54, 1.807) is 0 Å². The summed E-state index contributed by atoms with van der Waals surface area (Å²) >= 11 is 6.75. The van der Waals surface area contributed by atoms with Crippen LogP contribution in [0, 0.1) is 5.92 Å². The molecular weight excluding hydrogens is 416 g/mol. The Morgan fingerprint density at radius 2 is 1.42 bits per heavy atom. The number of thioether (sulfide) groups is 1. The van der Waals surface area contributed by atoms with Crippen molar-refractivity contribution in [1.82, 2.24) is 0 Å². The molecule has 176 valence electrons. The van der Waals surface area contributed by atoms with E-state index in [1.165, 1.54) is 11.1 Å². The quantitative estimate of drug-likeness (QED) is 0.210. The molecule has 2 nitrogen and oxygen atoms in total. The van der Waals surface area contributed by atoms with E-state index in [2.05, 4.69) is 71.9 Å². The first kappa shape index (κ1) is 29.7. The van der Waals surface area contributed by atoms with Crippen molar-refractivity contribution < 1.29 is 0 Å². The molecule has 0 saturated heterocycles. The van der Waals surface area contributed by atoms with Crippen molar-refractivity contribution in [3.63, 3.8) is 0 Å². The van der Waals surface area contributed by atoms with Gasteiger partial charge in [-0.05, 0) is 73.4 Å². The molecule has 0 aliphatic rings. The zero-order chi connectivity index (χ0) is 23.2. The summed E-state index contributed by atoms with van der Waals surface area (Å²) in [6.07, 6.45) is 2.07. The van der Waals surface area contributed by atoms with Crippen LogP contribution in [0.3, 0.4) is 0 Å². The average Bonchev–Trinajstić information content (AvgIpc) is 2.62. The monoisotopic (exact) mass is 462 g/mol. The van der Waals surface area contributed by atoms with E-state index in [0.717, 1.165) is 24.2 Å². The molecule has 2 aromatic rings. The first-order valence-electron chi connectivity index (χ1n) is 10.9. The lowest BCUT2D eigenvalue weighted by molar-refractivity contribution is 0.308. The van der Waals surface area contributed by atoms with Gasteiger partial charge in [-0.25, -0.2) is 0 Å². The van der Waals surface area contributed by atoms with Crippen LogP contribution in [0.2, 0.25) is 0 Å². The fourth-order valence-corrected chi connectivity index (χ4v) is 6.25. The van der Waals surface area contributed by atoms with Gasteiger partial charge in [-0.2, -0.15) is 12.6 Å². The SMILES string of the molecule is C.CC.CC(C)(S)SC(C)(C)C(Cc1ccc(N)cc1)CC(C)(C)c1cccc(N)c1. The second kappa shape index (κ2) is 12.1. The van der Waals surface area contributed by atoms with Crippen LogP contribution in [-0.2, 0) is 11.8 Å². The lowest BCUT2D eigenvalue weighted by Crippen LogP contribution is -2.37. The maximum absolute atomic E-state index is 6.07. The highest BCUT2D eigenvalue weighted by Gasteiger charge is 2.38. The molecule has 0 bridgehead atoms. The van der Waals surface area contributed by atoms with Gasteiger partial charge < -0.3 is 11.5 Å². The molecular formula is C27H46N2S2.